The van der Waals surface area contributed by atoms with Gasteiger partial charge in [-0.1, -0.05) is 12.1 Å². The van der Waals surface area contributed by atoms with Crippen LogP contribution in [0.2, 0.25) is 0 Å². The summed E-state index contributed by atoms with van der Waals surface area (Å²) in [7, 11) is 3.10. The molecule has 1 aliphatic heterocycles. The highest BCUT2D eigenvalue weighted by atomic mass is 16.5. The van der Waals surface area contributed by atoms with Gasteiger partial charge in [0.2, 0.25) is 11.8 Å². The van der Waals surface area contributed by atoms with Gasteiger partial charge in [-0.25, -0.2) is 0 Å². The number of nitrogens with zero attached hydrogens (tertiary/aromatic N) is 1. The van der Waals surface area contributed by atoms with E-state index in [0.29, 0.717) is 23.7 Å². The molecular formula is C21H24N2O4. The maximum absolute atomic E-state index is 12.8. The van der Waals surface area contributed by atoms with E-state index < -0.39 is 5.92 Å². The maximum atomic E-state index is 12.8. The number of carbonyl (C=O) groups is 2. The number of ether oxygens (including phenoxy) is 2. The molecule has 0 bridgehead atoms. The molecule has 2 aromatic rings. The zero-order valence-electron chi connectivity index (χ0n) is 16.0. The summed E-state index contributed by atoms with van der Waals surface area (Å²) in [6.45, 7) is 4.32. The molecule has 6 heteroatoms. The molecule has 0 radical (unpaired) electrons. The summed E-state index contributed by atoms with van der Waals surface area (Å²) in [6, 6.07) is 11.2. The SMILES string of the molecule is COc1ccc(OC)c(NC(=O)[C@H]2CC(=O)N(c3cc(C)ccc3C)C2)c1. The predicted molar refractivity (Wildman–Crippen MR) is 105 cm³/mol. The van der Waals surface area contributed by atoms with Crippen molar-refractivity contribution in [1.29, 1.82) is 0 Å². The molecule has 27 heavy (non-hydrogen) atoms. The quantitative estimate of drug-likeness (QED) is 0.879. The maximum Gasteiger partial charge on any atom is 0.229 e. The fourth-order valence-electron chi connectivity index (χ4n) is 3.27. The molecule has 1 N–H and O–H groups in total. The fraction of sp³-hybridized carbons (Fsp3) is 0.333. The highest BCUT2D eigenvalue weighted by molar-refractivity contribution is 6.04. The molecular weight excluding hydrogens is 344 g/mol. The first-order chi connectivity index (χ1) is 12.9. The minimum absolute atomic E-state index is 0.0403. The minimum Gasteiger partial charge on any atom is -0.497 e. The van der Waals surface area contributed by atoms with Crippen LogP contribution in [0.1, 0.15) is 17.5 Å². The number of hydrogen-bond acceptors (Lipinski definition) is 4. The molecule has 0 aliphatic carbocycles. The summed E-state index contributed by atoms with van der Waals surface area (Å²) in [4.78, 5) is 27.0. The third kappa shape index (κ3) is 3.89. The van der Waals surface area contributed by atoms with Crippen LogP contribution in [0.25, 0.3) is 0 Å². The molecule has 1 fully saturated rings. The van der Waals surface area contributed by atoms with E-state index in [2.05, 4.69) is 5.32 Å². The lowest BCUT2D eigenvalue weighted by molar-refractivity contribution is -0.122. The van der Waals surface area contributed by atoms with Crippen molar-refractivity contribution in [3.63, 3.8) is 0 Å². The van der Waals surface area contributed by atoms with Crippen molar-refractivity contribution in [2.45, 2.75) is 20.3 Å². The molecule has 0 spiro atoms. The highest BCUT2D eigenvalue weighted by Crippen LogP contribution is 2.32. The number of amides is 2. The number of aryl methyl sites for hydroxylation is 2. The summed E-state index contributed by atoms with van der Waals surface area (Å²) >= 11 is 0. The lowest BCUT2D eigenvalue weighted by Gasteiger charge is -2.20. The molecule has 0 unspecified atom stereocenters. The number of nitrogens with one attached hydrogen (secondary N) is 1. The summed E-state index contributed by atoms with van der Waals surface area (Å²) in [5, 5.41) is 2.87. The van der Waals surface area contributed by atoms with E-state index in [0.717, 1.165) is 16.8 Å². The number of hydrogen-bond donors (Lipinski definition) is 1. The summed E-state index contributed by atoms with van der Waals surface area (Å²) < 4.78 is 10.5. The standard InChI is InChI=1S/C21H24N2O4/c1-13-5-6-14(2)18(9-13)23-12-15(10-20(23)24)21(25)22-17-11-16(26-3)7-8-19(17)27-4/h5-9,11,15H,10,12H2,1-4H3,(H,22,25)/t15-/m0/s1. The average Bonchev–Trinajstić information content (AvgIpc) is 3.05. The van der Waals surface area contributed by atoms with Crippen LogP contribution < -0.4 is 19.7 Å². The highest BCUT2D eigenvalue weighted by Gasteiger charge is 2.36. The Balaban J connectivity index is 1.77. The van der Waals surface area contributed by atoms with Crippen molar-refractivity contribution >= 4 is 23.2 Å². The monoisotopic (exact) mass is 368 g/mol. The molecule has 1 heterocycles. The van der Waals surface area contributed by atoms with Crippen LogP contribution in [0.15, 0.2) is 36.4 Å². The first-order valence-electron chi connectivity index (χ1n) is 8.83. The van der Waals surface area contributed by atoms with E-state index in [1.165, 1.54) is 0 Å². The van der Waals surface area contributed by atoms with Gasteiger partial charge < -0.3 is 19.7 Å². The predicted octanol–water partition coefficient (Wildman–Crippen LogP) is 3.31. The van der Waals surface area contributed by atoms with Crippen molar-refractivity contribution in [3.05, 3.63) is 47.5 Å². The first kappa shape index (κ1) is 18.8. The Morgan fingerprint density at radius 1 is 1.11 bits per heavy atom. The van der Waals surface area contributed by atoms with Crippen LogP contribution in [0, 0.1) is 19.8 Å². The zero-order valence-corrected chi connectivity index (χ0v) is 16.0. The Kier molecular flexibility index (Phi) is 5.35. The van der Waals surface area contributed by atoms with Crippen LogP contribution in [-0.2, 0) is 9.59 Å². The second kappa shape index (κ2) is 7.70. The normalized spacial score (nSPS) is 16.4. The van der Waals surface area contributed by atoms with Crippen LogP contribution in [-0.4, -0.2) is 32.6 Å². The Morgan fingerprint density at radius 2 is 1.89 bits per heavy atom. The Hall–Kier alpha value is -3.02. The molecule has 142 valence electrons. The second-order valence-electron chi connectivity index (χ2n) is 6.75. The Morgan fingerprint density at radius 3 is 2.59 bits per heavy atom. The third-order valence-corrected chi connectivity index (χ3v) is 4.82. The molecule has 2 aromatic carbocycles. The zero-order chi connectivity index (χ0) is 19.6. The van der Waals surface area contributed by atoms with Crippen molar-refractivity contribution in [2.24, 2.45) is 5.92 Å². The van der Waals surface area contributed by atoms with Gasteiger partial charge in [-0.15, -0.1) is 0 Å². The molecule has 2 amide bonds. The molecule has 1 atom stereocenters. The van der Waals surface area contributed by atoms with Crippen molar-refractivity contribution < 1.29 is 19.1 Å². The molecule has 6 nitrogen and oxygen atoms in total. The Bertz CT molecular complexity index is 878. The molecule has 1 saturated heterocycles. The second-order valence-corrected chi connectivity index (χ2v) is 6.75. The van der Waals surface area contributed by atoms with Gasteiger partial charge in [-0.2, -0.15) is 0 Å². The fourth-order valence-corrected chi connectivity index (χ4v) is 3.27. The molecule has 1 aliphatic rings. The number of anilines is 2. The largest absolute Gasteiger partial charge is 0.497 e. The summed E-state index contributed by atoms with van der Waals surface area (Å²) in [5.74, 6) is 0.489. The first-order valence-corrected chi connectivity index (χ1v) is 8.83. The van der Waals surface area contributed by atoms with Gasteiger partial charge in [-0.3, -0.25) is 9.59 Å². The smallest absolute Gasteiger partial charge is 0.229 e. The number of benzene rings is 2. The van der Waals surface area contributed by atoms with Gasteiger partial charge in [0.05, 0.1) is 25.8 Å². The number of carbonyl (C=O) groups excluding carboxylic acids is 2. The average molecular weight is 368 g/mol. The van der Waals surface area contributed by atoms with Crippen LogP contribution >= 0.6 is 0 Å². The summed E-state index contributed by atoms with van der Waals surface area (Å²) in [6.07, 6.45) is 0.186. The van der Waals surface area contributed by atoms with Gasteiger partial charge in [0.1, 0.15) is 11.5 Å². The van der Waals surface area contributed by atoms with E-state index in [1.807, 2.05) is 32.0 Å². The number of methoxy groups -OCH3 is 2. The van der Waals surface area contributed by atoms with E-state index in [-0.39, 0.29) is 18.2 Å². The van der Waals surface area contributed by atoms with Gasteiger partial charge >= 0.3 is 0 Å². The lowest BCUT2D eigenvalue weighted by atomic mass is 10.1. The minimum atomic E-state index is -0.423. The number of rotatable bonds is 5. The van der Waals surface area contributed by atoms with Crippen LogP contribution in [0.5, 0.6) is 11.5 Å². The van der Waals surface area contributed by atoms with Crippen LogP contribution in [0.4, 0.5) is 11.4 Å². The van der Waals surface area contributed by atoms with Crippen molar-refractivity contribution in [1.82, 2.24) is 0 Å². The van der Waals surface area contributed by atoms with Gasteiger partial charge in [0, 0.05) is 24.7 Å². The van der Waals surface area contributed by atoms with Gasteiger partial charge in [-0.05, 0) is 43.2 Å². The van der Waals surface area contributed by atoms with E-state index >= 15 is 0 Å². The molecule has 0 aromatic heterocycles. The van der Waals surface area contributed by atoms with E-state index in [9.17, 15) is 9.59 Å². The topological polar surface area (TPSA) is 67.9 Å². The van der Waals surface area contributed by atoms with Crippen molar-refractivity contribution in [3.8, 4) is 11.5 Å². The van der Waals surface area contributed by atoms with Crippen LogP contribution in [0.3, 0.4) is 0 Å². The molecule has 3 rings (SSSR count). The summed E-state index contributed by atoms with van der Waals surface area (Å²) in [5.41, 5.74) is 3.50. The molecule has 0 saturated carbocycles. The third-order valence-electron chi connectivity index (χ3n) is 4.82. The van der Waals surface area contributed by atoms with E-state index in [4.69, 9.17) is 9.47 Å². The van der Waals surface area contributed by atoms with Gasteiger partial charge in [0.15, 0.2) is 0 Å². The lowest BCUT2D eigenvalue weighted by Crippen LogP contribution is -2.28. The van der Waals surface area contributed by atoms with E-state index in [1.54, 1.807) is 37.3 Å². The van der Waals surface area contributed by atoms with Crippen molar-refractivity contribution in [2.75, 3.05) is 31.0 Å². The Labute approximate surface area is 159 Å². The van der Waals surface area contributed by atoms with Gasteiger partial charge in [0.25, 0.3) is 0 Å².